The van der Waals surface area contributed by atoms with Crippen LogP contribution in [0.15, 0.2) is 30.9 Å². The first-order valence-corrected chi connectivity index (χ1v) is 5.67. The van der Waals surface area contributed by atoms with E-state index in [0.717, 1.165) is 19.3 Å². The van der Waals surface area contributed by atoms with E-state index < -0.39 is 10.9 Å². The van der Waals surface area contributed by atoms with Crippen LogP contribution in [-0.4, -0.2) is 16.0 Å². The number of carboxylic acid groups (broad SMARTS) is 1. The van der Waals surface area contributed by atoms with Gasteiger partial charge >= 0.3 is 5.97 Å². The first kappa shape index (κ1) is 13.9. The van der Waals surface area contributed by atoms with Crippen molar-refractivity contribution in [1.82, 2.24) is 0 Å². The lowest BCUT2D eigenvalue weighted by molar-refractivity contribution is -0.384. The topological polar surface area (TPSA) is 80.4 Å². The first-order chi connectivity index (χ1) is 8.56. The molecular weight excluding hydrogens is 234 g/mol. The minimum absolute atomic E-state index is 0.0706. The minimum Gasteiger partial charge on any atom is -0.478 e. The van der Waals surface area contributed by atoms with Crippen LogP contribution >= 0.6 is 0 Å². The Bertz CT molecular complexity index is 468. The standard InChI is InChI=1S/C13H15NO4/c1-2-3-4-5-6-10-9-11(14(17)18)7-8-12(10)13(15)16/h2,7-9H,1,3-6H2,(H,15,16). The second-order valence-corrected chi connectivity index (χ2v) is 3.94. The van der Waals surface area contributed by atoms with Gasteiger partial charge < -0.3 is 5.11 Å². The maximum absolute atomic E-state index is 11.0. The van der Waals surface area contributed by atoms with Crippen LogP contribution in [0.1, 0.15) is 35.2 Å². The molecule has 0 aromatic heterocycles. The molecule has 96 valence electrons. The second-order valence-electron chi connectivity index (χ2n) is 3.94. The highest BCUT2D eigenvalue weighted by molar-refractivity contribution is 5.89. The summed E-state index contributed by atoms with van der Waals surface area (Å²) in [4.78, 5) is 21.1. The fourth-order valence-corrected chi connectivity index (χ4v) is 1.71. The number of aromatic carboxylic acids is 1. The van der Waals surface area contributed by atoms with Crippen molar-refractivity contribution in [3.63, 3.8) is 0 Å². The first-order valence-electron chi connectivity index (χ1n) is 5.67. The van der Waals surface area contributed by atoms with Crippen LogP contribution in [0.25, 0.3) is 0 Å². The zero-order valence-electron chi connectivity index (χ0n) is 9.96. The Kier molecular flexibility index (Phi) is 5.05. The summed E-state index contributed by atoms with van der Waals surface area (Å²) in [5.41, 5.74) is 0.582. The molecule has 0 saturated heterocycles. The van der Waals surface area contributed by atoms with Gasteiger partial charge in [-0.3, -0.25) is 10.1 Å². The number of carbonyl (C=O) groups is 1. The summed E-state index contributed by atoms with van der Waals surface area (Å²) in [7, 11) is 0. The molecule has 0 atom stereocenters. The molecule has 5 nitrogen and oxygen atoms in total. The van der Waals surface area contributed by atoms with E-state index in [4.69, 9.17) is 5.11 Å². The molecule has 1 rings (SSSR count). The Morgan fingerprint density at radius 3 is 2.72 bits per heavy atom. The van der Waals surface area contributed by atoms with E-state index >= 15 is 0 Å². The summed E-state index contributed by atoms with van der Waals surface area (Å²) < 4.78 is 0. The van der Waals surface area contributed by atoms with E-state index in [1.807, 2.05) is 0 Å². The number of unbranched alkanes of at least 4 members (excludes halogenated alkanes) is 2. The van der Waals surface area contributed by atoms with Crippen molar-refractivity contribution in [3.05, 3.63) is 52.1 Å². The van der Waals surface area contributed by atoms with Crippen molar-refractivity contribution >= 4 is 11.7 Å². The summed E-state index contributed by atoms with van der Waals surface area (Å²) >= 11 is 0. The van der Waals surface area contributed by atoms with Crippen LogP contribution in [0.2, 0.25) is 0 Å². The summed E-state index contributed by atoms with van der Waals surface area (Å²) in [5.74, 6) is -1.05. The molecule has 0 spiro atoms. The number of rotatable bonds is 7. The number of aryl methyl sites for hydroxylation is 1. The van der Waals surface area contributed by atoms with E-state index in [2.05, 4.69) is 6.58 Å². The third kappa shape index (κ3) is 3.69. The molecule has 1 aromatic rings. The number of nitro benzene ring substituents is 1. The predicted octanol–water partition coefficient (Wildman–Crippen LogP) is 3.19. The molecule has 0 amide bonds. The van der Waals surface area contributed by atoms with Gasteiger partial charge in [0.1, 0.15) is 0 Å². The average molecular weight is 249 g/mol. The largest absolute Gasteiger partial charge is 0.478 e. The molecule has 0 radical (unpaired) electrons. The molecule has 0 aliphatic carbocycles. The predicted molar refractivity (Wildman–Crippen MR) is 67.8 cm³/mol. The monoisotopic (exact) mass is 249 g/mol. The zero-order valence-corrected chi connectivity index (χ0v) is 9.96. The van der Waals surface area contributed by atoms with Gasteiger partial charge in [0.25, 0.3) is 5.69 Å². The van der Waals surface area contributed by atoms with Crippen LogP contribution < -0.4 is 0 Å². The van der Waals surface area contributed by atoms with Crippen molar-refractivity contribution in [2.24, 2.45) is 0 Å². The van der Waals surface area contributed by atoms with Gasteiger partial charge in [0.2, 0.25) is 0 Å². The molecule has 0 aliphatic heterocycles. The molecule has 18 heavy (non-hydrogen) atoms. The molecule has 0 bridgehead atoms. The van der Waals surface area contributed by atoms with Gasteiger partial charge in [-0.05, 0) is 37.3 Å². The molecule has 5 heteroatoms. The summed E-state index contributed by atoms with van der Waals surface area (Å²) in [6.45, 7) is 3.60. The van der Waals surface area contributed by atoms with Gasteiger partial charge in [-0.25, -0.2) is 4.79 Å². The van der Waals surface area contributed by atoms with Gasteiger partial charge in [0.15, 0.2) is 0 Å². The van der Waals surface area contributed by atoms with E-state index in [1.54, 1.807) is 6.08 Å². The number of carboxylic acids is 1. The maximum Gasteiger partial charge on any atom is 0.335 e. The molecule has 0 aliphatic rings. The lowest BCUT2D eigenvalue weighted by Gasteiger charge is -2.05. The van der Waals surface area contributed by atoms with E-state index in [1.165, 1.54) is 18.2 Å². The van der Waals surface area contributed by atoms with Crippen LogP contribution in [0.5, 0.6) is 0 Å². The smallest absolute Gasteiger partial charge is 0.335 e. The van der Waals surface area contributed by atoms with Crippen molar-refractivity contribution in [3.8, 4) is 0 Å². The zero-order chi connectivity index (χ0) is 13.5. The van der Waals surface area contributed by atoms with Crippen molar-refractivity contribution in [2.45, 2.75) is 25.7 Å². The highest BCUT2D eigenvalue weighted by atomic mass is 16.6. The maximum atomic E-state index is 11.0. The van der Waals surface area contributed by atoms with E-state index in [0.29, 0.717) is 12.0 Å². The SMILES string of the molecule is C=CCCCCc1cc([N+](=O)[O-])ccc1C(=O)O. The van der Waals surface area contributed by atoms with E-state index in [-0.39, 0.29) is 11.3 Å². The number of benzene rings is 1. The lowest BCUT2D eigenvalue weighted by Crippen LogP contribution is -2.03. The highest BCUT2D eigenvalue weighted by Gasteiger charge is 2.14. The third-order valence-electron chi connectivity index (χ3n) is 2.63. The van der Waals surface area contributed by atoms with Gasteiger partial charge in [-0.15, -0.1) is 6.58 Å². The van der Waals surface area contributed by atoms with Gasteiger partial charge in [0.05, 0.1) is 10.5 Å². The number of allylic oxidation sites excluding steroid dienone is 1. The van der Waals surface area contributed by atoms with Crippen molar-refractivity contribution in [1.29, 1.82) is 0 Å². The Morgan fingerprint density at radius 2 is 2.17 bits per heavy atom. The van der Waals surface area contributed by atoms with Gasteiger partial charge in [0, 0.05) is 12.1 Å². The molecule has 0 fully saturated rings. The normalized spacial score (nSPS) is 10.0. The van der Waals surface area contributed by atoms with E-state index in [9.17, 15) is 14.9 Å². The van der Waals surface area contributed by atoms with Crippen LogP contribution in [0.4, 0.5) is 5.69 Å². The molecule has 0 unspecified atom stereocenters. The van der Waals surface area contributed by atoms with Crippen LogP contribution in [0, 0.1) is 10.1 Å². The summed E-state index contributed by atoms with van der Waals surface area (Å²) in [5, 5.41) is 19.7. The number of nitrogens with zero attached hydrogens (tertiary/aromatic N) is 1. The third-order valence-corrected chi connectivity index (χ3v) is 2.63. The van der Waals surface area contributed by atoms with Crippen LogP contribution in [-0.2, 0) is 6.42 Å². The van der Waals surface area contributed by atoms with Gasteiger partial charge in [-0.1, -0.05) is 6.08 Å². The van der Waals surface area contributed by atoms with Crippen molar-refractivity contribution < 1.29 is 14.8 Å². The molecular formula is C13H15NO4. The number of nitro groups is 1. The Labute approximate surface area is 105 Å². The Morgan fingerprint density at radius 1 is 1.44 bits per heavy atom. The molecule has 0 saturated carbocycles. The number of non-ortho nitro benzene ring substituents is 1. The summed E-state index contributed by atoms with van der Waals surface area (Å²) in [6.07, 6.45) is 4.86. The highest BCUT2D eigenvalue weighted by Crippen LogP contribution is 2.20. The van der Waals surface area contributed by atoms with Crippen LogP contribution in [0.3, 0.4) is 0 Å². The minimum atomic E-state index is -1.05. The number of hydrogen-bond acceptors (Lipinski definition) is 3. The fraction of sp³-hybridized carbons (Fsp3) is 0.308. The molecule has 1 N–H and O–H groups in total. The Balaban J connectivity index is 2.89. The second kappa shape index (κ2) is 6.54. The summed E-state index contributed by atoms with van der Waals surface area (Å²) in [6, 6.07) is 3.86. The average Bonchev–Trinajstić information content (AvgIpc) is 2.34. The Hall–Kier alpha value is -2.17. The number of hydrogen-bond donors (Lipinski definition) is 1. The lowest BCUT2D eigenvalue weighted by atomic mass is 10.0. The molecule has 0 heterocycles. The van der Waals surface area contributed by atoms with Gasteiger partial charge in [-0.2, -0.15) is 0 Å². The van der Waals surface area contributed by atoms with Crippen molar-refractivity contribution in [2.75, 3.05) is 0 Å². The molecule has 1 aromatic carbocycles. The fourth-order valence-electron chi connectivity index (χ4n) is 1.71. The quantitative estimate of drug-likeness (QED) is 0.348.